The highest BCUT2D eigenvalue weighted by Gasteiger charge is 2.01. The molecule has 0 fully saturated rings. The first-order valence-corrected chi connectivity index (χ1v) is 4.95. The van der Waals surface area contributed by atoms with Gasteiger partial charge in [-0.2, -0.15) is 0 Å². The number of pyridine rings is 2. The third-order valence-corrected chi connectivity index (χ3v) is 2.56. The third kappa shape index (κ3) is 1.26. The average Bonchev–Trinajstić information content (AvgIpc) is 2.28. The maximum atomic E-state index is 4.45. The fourth-order valence-electron chi connectivity index (χ4n) is 1.82. The SMILES string of the molecule is Cc1cnc2c(c1)ncc1ccccc12. The molecule has 0 N–H and O–H groups in total. The molecular weight excluding hydrogens is 184 g/mol. The Balaban J connectivity index is 2.55. The first-order chi connectivity index (χ1) is 7.34. The van der Waals surface area contributed by atoms with Crippen molar-refractivity contribution in [3.8, 4) is 0 Å². The molecule has 0 saturated heterocycles. The molecule has 2 aromatic heterocycles. The molecule has 72 valence electrons. The second kappa shape index (κ2) is 3.02. The summed E-state index contributed by atoms with van der Waals surface area (Å²) < 4.78 is 0. The van der Waals surface area contributed by atoms with Gasteiger partial charge in [0, 0.05) is 23.2 Å². The van der Waals surface area contributed by atoms with Gasteiger partial charge in [-0.05, 0) is 18.6 Å². The van der Waals surface area contributed by atoms with E-state index in [1.165, 1.54) is 5.39 Å². The van der Waals surface area contributed by atoms with Crippen LogP contribution in [0.5, 0.6) is 0 Å². The molecule has 3 rings (SSSR count). The second-order valence-corrected chi connectivity index (χ2v) is 3.73. The number of fused-ring (bicyclic) bond motifs is 3. The van der Waals surface area contributed by atoms with Crippen LogP contribution in [0.25, 0.3) is 21.8 Å². The molecule has 3 aromatic rings. The summed E-state index contributed by atoms with van der Waals surface area (Å²) in [7, 11) is 0. The van der Waals surface area contributed by atoms with Crippen LogP contribution in [0, 0.1) is 6.92 Å². The fourth-order valence-corrected chi connectivity index (χ4v) is 1.82. The van der Waals surface area contributed by atoms with Crippen molar-refractivity contribution in [1.82, 2.24) is 9.97 Å². The molecule has 15 heavy (non-hydrogen) atoms. The zero-order valence-corrected chi connectivity index (χ0v) is 8.44. The zero-order chi connectivity index (χ0) is 10.3. The van der Waals surface area contributed by atoms with Crippen LogP contribution in [0.4, 0.5) is 0 Å². The number of hydrogen-bond acceptors (Lipinski definition) is 2. The predicted octanol–water partition coefficient (Wildman–Crippen LogP) is 3.09. The quantitative estimate of drug-likeness (QED) is 0.514. The molecule has 1 aromatic carbocycles. The lowest BCUT2D eigenvalue weighted by Gasteiger charge is -2.02. The number of aromatic nitrogens is 2. The lowest BCUT2D eigenvalue weighted by Crippen LogP contribution is -1.86. The summed E-state index contributed by atoms with van der Waals surface area (Å²) in [5, 5.41) is 2.31. The minimum atomic E-state index is 0.966. The Morgan fingerprint density at radius 1 is 1.00 bits per heavy atom. The first kappa shape index (κ1) is 8.36. The molecule has 0 bridgehead atoms. The van der Waals surface area contributed by atoms with E-state index in [1.807, 2.05) is 31.5 Å². The maximum absolute atomic E-state index is 4.45. The van der Waals surface area contributed by atoms with E-state index in [-0.39, 0.29) is 0 Å². The molecule has 0 aliphatic carbocycles. The summed E-state index contributed by atoms with van der Waals surface area (Å²) in [5.41, 5.74) is 3.10. The highest BCUT2D eigenvalue weighted by atomic mass is 14.7. The van der Waals surface area contributed by atoms with Gasteiger partial charge in [-0.1, -0.05) is 24.3 Å². The van der Waals surface area contributed by atoms with Crippen LogP contribution < -0.4 is 0 Å². The summed E-state index contributed by atoms with van der Waals surface area (Å²) in [5.74, 6) is 0. The molecular formula is C13H10N2. The monoisotopic (exact) mass is 194 g/mol. The van der Waals surface area contributed by atoms with Crippen molar-refractivity contribution < 1.29 is 0 Å². The standard InChI is InChI=1S/C13H10N2/c1-9-6-12-13(15-7-9)11-5-3-2-4-10(11)8-14-12/h2-8H,1H3. The van der Waals surface area contributed by atoms with Gasteiger partial charge in [0.25, 0.3) is 0 Å². The molecule has 2 nitrogen and oxygen atoms in total. The van der Waals surface area contributed by atoms with Crippen molar-refractivity contribution >= 4 is 21.8 Å². The van der Waals surface area contributed by atoms with Gasteiger partial charge in [-0.3, -0.25) is 9.97 Å². The smallest absolute Gasteiger partial charge is 0.0965 e. The Morgan fingerprint density at radius 2 is 1.87 bits per heavy atom. The molecule has 0 amide bonds. The summed E-state index contributed by atoms with van der Waals surface area (Å²) in [4.78, 5) is 8.85. The summed E-state index contributed by atoms with van der Waals surface area (Å²) >= 11 is 0. The van der Waals surface area contributed by atoms with Gasteiger partial charge in [0.1, 0.15) is 0 Å². The topological polar surface area (TPSA) is 25.8 Å². The number of benzene rings is 1. The Hall–Kier alpha value is -1.96. The summed E-state index contributed by atoms with van der Waals surface area (Å²) in [6.45, 7) is 2.03. The molecule has 0 spiro atoms. The van der Waals surface area contributed by atoms with E-state index < -0.39 is 0 Å². The lowest BCUT2D eigenvalue weighted by molar-refractivity contribution is 1.31. The number of nitrogens with zero attached hydrogens (tertiary/aromatic N) is 2. The van der Waals surface area contributed by atoms with Crippen LogP contribution in [0.3, 0.4) is 0 Å². The predicted molar refractivity (Wildman–Crippen MR) is 61.8 cm³/mol. The van der Waals surface area contributed by atoms with Crippen molar-refractivity contribution in [3.63, 3.8) is 0 Å². The van der Waals surface area contributed by atoms with Gasteiger partial charge in [-0.15, -0.1) is 0 Å². The fraction of sp³-hybridized carbons (Fsp3) is 0.0769. The van der Waals surface area contributed by atoms with Crippen LogP contribution >= 0.6 is 0 Å². The third-order valence-electron chi connectivity index (χ3n) is 2.56. The minimum Gasteiger partial charge on any atom is -0.254 e. The summed E-state index contributed by atoms with van der Waals surface area (Å²) in [6, 6.07) is 10.3. The van der Waals surface area contributed by atoms with Gasteiger partial charge < -0.3 is 0 Å². The van der Waals surface area contributed by atoms with Crippen LogP contribution in [0.2, 0.25) is 0 Å². The van der Waals surface area contributed by atoms with Gasteiger partial charge >= 0.3 is 0 Å². The highest BCUT2D eigenvalue weighted by Crippen LogP contribution is 2.21. The maximum Gasteiger partial charge on any atom is 0.0965 e. The second-order valence-electron chi connectivity index (χ2n) is 3.73. The van der Waals surface area contributed by atoms with E-state index >= 15 is 0 Å². The molecule has 0 radical (unpaired) electrons. The molecule has 0 atom stereocenters. The molecule has 2 heteroatoms. The van der Waals surface area contributed by atoms with E-state index in [4.69, 9.17) is 0 Å². The lowest BCUT2D eigenvalue weighted by atomic mass is 10.1. The van der Waals surface area contributed by atoms with Crippen molar-refractivity contribution in [2.24, 2.45) is 0 Å². The number of hydrogen-bond donors (Lipinski definition) is 0. The largest absolute Gasteiger partial charge is 0.254 e. The van der Waals surface area contributed by atoms with Crippen LogP contribution in [0.15, 0.2) is 42.7 Å². The first-order valence-electron chi connectivity index (χ1n) is 4.95. The van der Waals surface area contributed by atoms with E-state index in [0.717, 1.165) is 22.0 Å². The normalized spacial score (nSPS) is 11.0. The average molecular weight is 194 g/mol. The van der Waals surface area contributed by atoms with E-state index in [0.29, 0.717) is 0 Å². The van der Waals surface area contributed by atoms with Crippen LogP contribution in [-0.4, -0.2) is 9.97 Å². The Labute approximate surface area is 87.6 Å². The van der Waals surface area contributed by atoms with Crippen LogP contribution in [0.1, 0.15) is 5.56 Å². The van der Waals surface area contributed by atoms with E-state index in [1.54, 1.807) is 0 Å². The van der Waals surface area contributed by atoms with Gasteiger partial charge in [0.15, 0.2) is 0 Å². The van der Waals surface area contributed by atoms with Crippen molar-refractivity contribution in [1.29, 1.82) is 0 Å². The number of aryl methyl sites for hydroxylation is 1. The Morgan fingerprint density at radius 3 is 2.80 bits per heavy atom. The Kier molecular flexibility index (Phi) is 1.68. The van der Waals surface area contributed by atoms with E-state index in [2.05, 4.69) is 28.2 Å². The van der Waals surface area contributed by atoms with Crippen molar-refractivity contribution in [3.05, 3.63) is 48.3 Å². The zero-order valence-electron chi connectivity index (χ0n) is 8.44. The van der Waals surface area contributed by atoms with Gasteiger partial charge in [-0.25, -0.2) is 0 Å². The Bertz CT molecular complexity index is 644. The van der Waals surface area contributed by atoms with Gasteiger partial charge in [0.05, 0.1) is 11.0 Å². The summed E-state index contributed by atoms with van der Waals surface area (Å²) in [6.07, 6.45) is 3.79. The van der Waals surface area contributed by atoms with Crippen molar-refractivity contribution in [2.75, 3.05) is 0 Å². The van der Waals surface area contributed by atoms with E-state index in [9.17, 15) is 0 Å². The molecule has 0 unspecified atom stereocenters. The molecule has 0 aliphatic rings. The molecule has 0 saturated carbocycles. The highest BCUT2D eigenvalue weighted by molar-refractivity contribution is 6.02. The molecule has 0 aliphatic heterocycles. The van der Waals surface area contributed by atoms with Gasteiger partial charge in [0.2, 0.25) is 0 Å². The molecule has 2 heterocycles. The number of rotatable bonds is 0. The van der Waals surface area contributed by atoms with Crippen LogP contribution in [-0.2, 0) is 0 Å². The minimum absolute atomic E-state index is 0.966. The van der Waals surface area contributed by atoms with Crippen molar-refractivity contribution in [2.45, 2.75) is 6.92 Å².